The molecule has 2 rings (SSSR count). The van der Waals surface area contributed by atoms with Gasteiger partial charge in [-0.25, -0.2) is 0 Å². The first-order valence-corrected chi connectivity index (χ1v) is 8.09. The molecule has 2 aliphatic rings. The molecule has 0 atom stereocenters. The number of hydrogen-bond acceptors (Lipinski definition) is 4. The van der Waals surface area contributed by atoms with Gasteiger partial charge >= 0.3 is 0 Å². The lowest BCUT2D eigenvalue weighted by Crippen LogP contribution is -2.51. The Kier molecular flexibility index (Phi) is 5.21. The molecule has 2 saturated heterocycles. The van der Waals surface area contributed by atoms with Gasteiger partial charge in [0.2, 0.25) is 17.7 Å². The van der Waals surface area contributed by atoms with E-state index in [1.54, 1.807) is 0 Å². The molecule has 0 aromatic carbocycles. The molecule has 2 heterocycles. The van der Waals surface area contributed by atoms with Crippen molar-refractivity contribution in [3.8, 4) is 0 Å². The van der Waals surface area contributed by atoms with Gasteiger partial charge in [-0.2, -0.15) is 0 Å². The Balaban J connectivity index is 1.72. The molecule has 6 heteroatoms. The van der Waals surface area contributed by atoms with Crippen LogP contribution in [0, 0.1) is 5.41 Å². The maximum absolute atomic E-state index is 12.2. The van der Waals surface area contributed by atoms with Crippen molar-refractivity contribution in [1.29, 1.82) is 0 Å². The number of likely N-dealkylation sites (tertiary alicyclic amines) is 1. The molecule has 22 heavy (non-hydrogen) atoms. The van der Waals surface area contributed by atoms with Crippen molar-refractivity contribution in [2.24, 2.45) is 5.41 Å². The van der Waals surface area contributed by atoms with Crippen LogP contribution in [0.2, 0.25) is 0 Å². The van der Waals surface area contributed by atoms with Crippen LogP contribution in [0.3, 0.4) is 0 Å². The normalized spacial score (nSPS) is 20.9. The van der Waals surface area contributed by atoms with Gasteiger partial charge < -0.3 is 4.90 Å². The first kappa shape index (κ1) is 16.9. The summed E-state index contributed by atoms with van der Waals surface area (Å²) in [5, 5.41) is 0. The van der Waals surface area contributed by atoms with Crippen molar-refractivity contribution >= 4 is 17.7 Å². The molecule has 0 bridgehead atoms. The van der Waals surface area contributed by atoms with Crippen LogP contribution >= 0.6 is 0 Å². The van der Waals surface area contributed by atoms with Crippen molar-refractivity contribution in [2.75, 3.05) is 39.3 Å². The predicted octanol–water partition coefficient (Wildman–Crippen LogP) is 0.716. The van der Waals surface area contributed by atoms with Gasteiger partial charge in [0.1, 0.15) is 0 Å². The van der Waals surface area contributed by atoms with Gasteiger partial charge in [-0.3, -0.25) is 24.2 Å². The van der Waals surface area contributed by atoms with Crippen LogP contribution in [0.5, 0.6) is 0 Å². The molecule has 6 nitrogen and oxygen atoms in total. The SMILES string of the molecule is CC(C)(C)CC(=O)N1CCN(CCN2C(=O)CCC2=O)CC1. The van der Waals surface area contributed by atoms with E-state index >= 15 is 0 Å². The fourth-order valence-corrected chi connectivity index (χ4v) is 2.90. The lowest BCUT2D eigenvalue weighted by atomic mass is 9.91. The molecule has 2 aliphatic heterocycles. The van der Waals surface area contributed by atoms with Crippen LogP contribution < -0.4 is 0 Å². The zero-order chi connectivity index (χ0) is 16.3. The number of hydrogen-bond donors (Lipinski definition) is 0. The highest BCUT2D eigenvalue weighted by Gasteiger charge is 2.30. The summed E-state index contributed by atoms with van der Waals surface area (Å²) in [7, 11) is 0. The third kappa shape index (κ3) is 4.53. The molecule has 124 valence electrons. The Labute approximate surface area is 132 Å². The highest BCUT2D eigenvalue weighted by atomic mass is 16.2. The largest absolute Gasteiger partial charge is 0.340 e. The zero-order valence-electron chi connectivity index (χ0n) is 13.9. The van der Waals surface area contributed by atoms with E-state index in [-0.39, 0.29) is 23.1 Å². The minimum Gasteiger partial charge on any atom is -0.340 e. The quantitative estimate of drug-likeness (QED) is 0.718. The molecule has 2 fully saturated rings. The van der Waals surface area contributed by atoms with Crippen molar-refractivity contribution < 1.29 is 14.4 Å². The van der Waals surface area contributed by atoms with Crippen LogP contribution in [0.25, 0.3) is 0 Å². The number of rotatable bonds is 4. The van der Waals surface area contributed by atoms with Crippen LogP contribution in [-0.2, 0) is 14.4 Å². The van der Waals surface area contributed by atoms with Crippen LogP contribution in [0.15, 0.2) is 0 Å². The van der Waals surface area contributed by atoms with E-state index in [0.29, 0.717) is 32.4 Å². The molecule has 0 aromatic heterocycles. The van der Waals surface area contributed by atoms with Gasteiger partial charge in [-0.05, 0) is 5.41 Å². The first-order valence-electron chi connectivity index (χ1n) is 8.09. The molecule has 0 spiro atoms. The third-order valence-corrected chi connectivity index (χ3v) is 4.20. The Morgan fingerprint density at radius 1 is 0.955 bits per heavy atom. The fourth-order valence-electron chi connectivity index (χ4n) is 2.90. The third-order valence-electron chi connectivity index (χ3n) is 4.20. The summed E-state index contributed by atoms with van der Waals surface area (Å²) in [5.41, 5.74) is 0.0185. The molecular weight excluding hydrogens is 282 g/mol. The monoisotopic (exact) mass is 309 g/mol. The van der Waals surface area contributed by atoms with Crippen LogP contribution in [-0.4, -0.2) is 71.7 Å². The number of nitrogens with zero attached hydrogens (tertiary/aromatic N) is 3. The van der Waals surface area contributed by atoms with Crippen LogP contribution in [0.4, 0.5) is 0 Å². The molecule has 0 saturated carbocycles. The Bertz CT molecular complexity index is 432. The van der Waals surface area contributed by atoms with Gasteiger partial charge in [-0.1, -0.05) is 20.8 Å². The summed E-state index contributed by atoms with van der Waals surface area (Å²) in [5.74, 6) is 0.116. The highest BCUT2D eigenvalue weighted by molar-refractivity contribution is 6.01. The summed E-state index contributed by atoms with van der Waals surface area (Å²) in [6, 6.07) is 0. The van der Waals surface area contributed by atoms with E-state index in [9.17, 15) is 14.4 Å². The van der Waals surface area contributed by atoms with Crippen LogP contribution in [0.1, 0.15) is 40.0 Å². The second-order valence-corrected chi connectivity index (χ2v) is 7.40. The minimum absolute atomic E-state index is 0.0185. The standard InChI is InChI=1S/C16H27N3O3/c1-16(2,3)12-15(22)18-9-6-17(7-10-18)8-11-19-13(20)4-5-14(19)21/h4-12H2,1-3H3. The summed E-state index contributed by atoms with van der Waals surface area (Å²) in [4.78, 5) is 40.8. The van der Waals surface area contributed by atoms with E-state index in [1.165, 1.54) is 4.90 Å². The summed E-state index contributed by atoms with van der Waals surface area (Å²) >= 11 is 0. The molecule has 0 N–H and O–H groups in total. The lowest BCUT2D eigenvalue weighted by molar-refractivity contribution is -0.138. The number of carbonyl (C=O) groups is 3. The van der Waals surface area contributed by atoms with Gasteiger partial charge in [-0.15, -0.1) is 0 Å². The summed E-state index contributed by atoms with van der Waals surface area (Å²) in [6.07, 6.45) is 1.28. The Morgan fingerprint density at radius 3 is 2.00 bits per heavy atom. The van der Waals surface area contributed by atoms with Crippen molar-refractivity contribution in [3.63, 3.8) is 0 Å². The first-order chi connectivity index (χ1) is 10.3. The van der Waals surface area contributed by atoms with E-state index in [1.807, 2.05) is 4.90 Å². The van der Waals surface area contributed by atoms with Crippen molar-refractivity contribution in [1.82, 2.24) is 14.7 Å². The maximum Gasteiger partial charge on any atom is 0.229 e. The van der Waals surface area contributed by atoms with Gasteiger partial charge in [0.15, 0.2) is 0 Å². The predicted molar refractivity (Wildman–Crippen MR) is 83.0 cm³/mol. The average molecular weight is 309 g/mol. The van der Waals surface area contributed by atoms with Gasteiger partial charge in [0, 0.05) is 58.5 Å². The molecule has 0 unspecified atom stereocenters. The van der Waals surface area contributed by atoms with E-state index in [2.05, 4.69) is 25.7 Å². The van der Waals surface area contributed by atoms with E-state index in [4.69, 9.17) is 0 Å². The van der Waals surface area contributed by atoms with Crippen molar-refractivity contribution in [2.45, 2.75) is 40.0 Å². The molecule has 0 radical (unpaired) electrons. The second kappa shape index (κ2) is 6.77. The smallest absolute Gasteiger partial charge is 0.229 e. The highest BCUT2D eigenvalue weighted by Crippen LogP contribution is 2.20. The molecule has 0 aromatic rings. The summed E-state index contributed by atoms with van der Waals surface area (Å²) in [6.45, 7) is 10.5. The number of imide groups is 1. The molecule has 3 amide bonds. The molecular formula is C16H27N3O3. The lowest BCUT2D eigenvalue weighted by Gasteiger charge is -2.36. The van der Waals surface area contributed by atoms with E-state index in [0.717, 1.165) is 26.2 Å². The van der Waals surface area contributed by atoms with Gasteiger partial charge in [0.05, 0.1) is 0 Å². The fraction of sp³-hybridized carbons (Fsp3) is 0.812. The number of amides is 3. The molecule has 0 aliphatic carbocycles. The Hall–Kier alpha value is -1.43. The second-order valence-electron chi connectivity index (χ2n) is 7.40. The average Bonchev–Trinajstić information content (AvgIpc) is 2.74. The Morgan fingerprint density at radius 2 is 1.50 bits per heavy atom. The topological polar surface area (TPSA) is 60.9 Å². The van der Waals surface area contributed by atoms with E-state index < -0.39 is 0 Å². The zero-order valence-corrected chi connectivity index (χ0v) is 13.9. The maximum atomic E-state index is 12.2. The minimum atomic E-state index is -0.0519. The number of piperazine rings is 1. The summed E-state index contributed by atoms with van der Waals surface area (Å²) < 4.78 is 0. The van der Waals surface area contributed by atoms with Crippen molar-refractivity contribution in [3.05, 3.63) is 0 Å². The number of carbonyl (C=O) groups excluding carboxylic acids is 3. The van der Waals surface area contributed by atoms with Gasteiger partial charge in [0.25, 0.3) is 0 Å².